The highest BCUT2D eigenvalue weighted by Crippen LogP contribution is 2.33. The van der Waals surface area contributed by atoms with Crippen LogP contribution in [0.3, 0.4) is 0 Å². The lowest BCUT2D eigenvalue weighted by Crippen LogP contribution is -2.45. The van der Waals surface area contributed by atoms with E-state index in [1.807, 2.05) is 35.2 Å². The average molecular weight is 426 g/mol. The van der Waals surface area contributed by atoms with Gasteiger partial charge >= 0.3 is 6.03 Å². The minimum absolute atomic E-state index is 0.00119. The van der Waals surface area contributed by atoms with Gasteiger partial charge in [-0.25, -0.2) is 9.78 Å². The summed E-state index contributed by atoms with van der Waals surface area (Å²) < 4.78 is 11.8. The molecule has 2 aromatic carbocycles. The molecule has 2 amide bonds. The highest BCUT2D eigenvalue weighted by molar-refractivity contribution is 7.18. The van der Waals surface area contributed by atoms with Gasteiger partial charge in [-0.15, -0.1) is 11.3 Å². The molecule has 0 radical (unpaired) electrons. The summed E-state index contributed by atoms with van der Waals surface area (Å²) in [7, 11) is 3.25. The molecule has 0 aliphatic carbocycles. The van der Waals surface area contributed by atoms with E-state index >= 15 is 0 Å². The predicted molar refractivity (Wildman–Crippen MR) is 120 cm³/mol. The Hall–Kier alpha value is -2.80. The molecule has 1 N–H and O–H groups in total. The minimum atomic E-state index is 0.00119. The van der Waals surface area contributed by atoms with E-state index in [4.69, 9.17) is 14.5 Å². The first-order chi connectivity index (χ1) is 14.7. The predicted octanol–water partition coefficient (Wildman–Crippen LogP) is 4.45. The van der Waals surface area contributed by atoms with Crippen molar-refractivity contribution in [2.45, 2.75) is 25.2 Å². The monoisotopic (exact) mass is 425 g/mol. The van der Waals surface area contributed by atoms with Crippen LogP contribution in [-0.2, 0) is 6.42 Å². The average Bonchev–Trinajstić information content (AvgIpc) is 3.23. The van der Waals surface area contributed by atoms with E-state index in [1.165, 1.54) is 4.70 Å². The Morgan fingerprint density at radius 2 is 2.03 bits per heavy atom. The van der Waals surface area contributed by atoms with Gasteiger partial charge in [-0.2, -0.15) is 0 Å². The normalized spacial score (nSPS) is 16.5. The summed E-state index contributed by atoms with van der Waals surface area (Å²) in [5.41, 5.74) is 2.15. The molecule has 0 spiro atoms. The fourth-order valence-corrected chi connectivity index (χ4v) is 4.98. The number of hydrogen-bond donors (Lipinski definition) is 1. The molecule has 1 aromatic heterocycles. The maximum Gasteiger partial charge on any atom is 0.317 e. The smallest absolute Gasteiger partial charge is 0.317 e. The number of amides is 2. The zero-order valence-electron chi connectivity index (χ0n) is 17.4. The van der Waals surface area contributed by atoms with Crippen molar-refractivity contribution in [1.29, 1.82) is 0 Å². The number of fused-ring (bicyclic) bond motifs is 1. The molecule has 0 bridgehead atoms. The van der Waals surface area contributed by atoms with Crippen molar-refractivity contribution in [3.8, 4) is 11.5 Å². The number of para-hydroxylation sites is 1. The van der Waals surface area contributed by atoms with Gasteiger partial charge in [-0.05, 0) is 49.1 Å². The number of nitrogens with zero attached hydrogens (tertiary/aromatic N) is 2. The fraction of sp³-hybridized carbons (Fsp3) is 0.391. The van der Waals surface area contributed by atoms with Crippen LogP contribution in [0.15, 0.2) is 42.5 Å². The summed E-state index contributed by atoms with van der Waals surface area (Å²) in [6.07, 6.45) is 2.82. The molecule has 1 fully saturated rings. The number of carbonyl (C=O) groups excluding carboxylic acids is 1. The minimum Gasteiger partial charge on any atom is -0.493 e. The molecule has 0 saturated carbocycles. The highest BCUT2D eigenvalue weighted by atomic mass is 32.1. The second kappa shape index (κ2) is 9.34. The van der Waals surface area contributed by atoms with Crippen LogP contribution in [0.4, 0.5) is 4.79 Å². The summed E-state index contributed by atoms with van der Waals surface area (Å²) in [5.74, 6) is 1.73. The molecule has 1 aliphatic heterocycles. The molecule has 1 saturated heterocycles. The molecule has 0 unspecified atom stereocenters. The van der Waals surface area contributed by atoms with Crippen molar-refractivity contribution in [2.75, 3.05) is 33.9 Å². The Morgan fingerprint density at radius 1 is 1.20 bits per heavy atom. The molecular formula is C23H27N3O3S. The van der Waals surface area contributed by atoms with Gasteiger partial charge in [-0.1, -0.05) is 18.2 Å². The molecule has 4 rings (SSSR count). The van der Waals surface area contributed by atoms with Crippen LogP contribution in [-0.4, -0.2) is 49.8 Å². The number of thiazole rings is 1. The summed E-state index contributed by atoms with van der Waals surface area (Å²) in [4.78, 5) is 19.4. The second-order valence-electron chi connectivity index (χ2n) is 7.48. The molecule has 7 heteroatoms. The van der Waals surface area contributed by atoms with E-state index in [0.29, 0.717) is 24.0 Å². The van der Waals surface area contributed by atoms with E-state index < -0.39 is 0 Å². The second-order valence-corrected chi connectivity index (χ2v) is 8.54. The van der Waals surface area contributed by atoms with Gasteiger partial charge in [0.1, 0.15) is 0 Å². The first kappa shape index (κ1) is 20.5. The number of carbonyl (C=O) groups is 1. The zero-order valence-corrected chi connectivity index (χ0v) is 18.2. The van der Waals surface area contributed by atoms with Gasteiger partial charge in [0.15, 0.2) is 11.5 Å². The molecular weight excluding hydrogens is 398 g/mol. The summed E-state index contributed by atoms with van der Waals surface area (Å²) in [6, 6.07) is 14.1. The number of nitrogens with one attached hydrogen (secondary N) is 1. The number of piperidine rings is 1. The molecule has 1 aliphatic rings. The van der Waals surface area contributed by atoms with Crippen molar-refractivity contribution in [3.63, 3.8) is 0 Å². The van der Waals surface area contributed by atoms with Crippen molar-refractivity contribution < 1.29 is 14.3 Å². The maximum atomic E-state index is 12.7. The first-order valence-corrected chi connectivity index (χ1v) is 11.1. The Kier molecular flexibility index (Phi) is 6.38. The van der Waals surface area contributed by atoms with Crippen molar-refractivity contribution in [3.05, 3.63) is 53.0 Å². The first-order valence-electron chi connectivity index (χ1n) is 10.3. The van der Waals surface area contributed by atoms with E-state index in [2.05, 4.69) is 17.4 Å². The Morgan fingerprint density at radius 3 is 2.83 bits per heavy atom. The molecule has 6 nitrogen and oxygen atoms in total. The lowest BCUT2D eigenvalue weighted by Gasteiger charge is -2.31. The summed E-state index contributed by atoms with van der Waals surface area (Å²) in [5, 5.41) is 4.20. The fourth-order valence-electron chi connectivity index (χ4n) is 3.89. The Bertz CT molecular complexity index is 987. The Balaban J connectivity index is 1.32. The van der Waals surface area contributed by atoms with Crippen LogP contribution in [0.1, 0.15) is 29.3 Å². The number of benzene rings is 2. The quantitative estimate of drug-likeness (QED) is 0.634. The lowest BCUT2D eigenvalue weighted by molar-refractivity contribution is 0.180. The van der Waals surface area contributed by atoms with Gasteiger partial charge < -0.3 is 19.7 Å². The standard InChI is InChI=1S/C23H27N3O3S/c1-28-19-10-9-16(14-20(19)29-2)11-12-24-23(27)26-13-5-6-17(15-26)22-25-18-7-3-4-8-21(18)30-22/h3-4,7-10,14,17H,5-6,11-13,15H2,1-2H3,(H,24,27)/t17-/m0/s1. The van der Waals surface area contributed by atoms with Gasteiger partial charge in [-0.3, -0.25) is 0 Å². The number of ether oxygens (including phenoxy) is 2. The number of urea groups is 1. The van der Waals surface area contributed by atoms with E-state index in [1.54, 1.807) is 25.6 Å². The van der Waals surface area contributed by atoms with Gasteiger partial charge in [0.2, 0.25) is 0 Å². The van der Waals surface area contributed by atoms with Crippen LogP contribution < -0.4 is 14.8 Å². The number of rotatable bonds is 6. The summed E-state index contributed by atoms with van der Waals surface area (Å²) >= 11 is 1.75. The van der Waals surface area contributed by atoms with Crippen LogP contribution in [0.2, 0.25) is 0 Å². The van der Waals surface area contributed by atoms with Crippen LogP contribution in [0.25, 0.3) is 10.2 Å². The maximum absolute atomic E-state index is 12.7. The van der Waals surface area contributed by atoms with Crippen molar-refractivity contribution >= 4 is 27.6 Å². The van der Waals surface area contributed by atoms with E-state index in [9.17, 15) is 4.79 Å². The van der Waals surface area contributed by atoms with Crippen molar-refractivity contribution in [1.82, 2.24) is 15.2 Å². The molecule has 3 aromatic rings. The van der Waals surface area contributed by atoms with Crippen LogP contribution in [0.5, 0.6) is 11.5 Å². The largest absolute Gasteiger partial charge is 0.493 e. The van der Waals surface area contributed by atoms with Crippen molar-refractivity contribution in [2.24, 2.45) is 0 Å². The lowest BCUT2D eigenvalue weighted by atomic mass is 9.99. The van der Waals surface area contributed by atoms with Crippen LogP contribution in [0, 0.1) is 0 Å². The van der Waals surface area contributed by atoms with Gasteiger partial charge in [0.05, 0.1) is 29.4 Å². The molecule has 2 heterocycles. The number of aromatic nitrogens is 1. The Labute approximate surface area is 180 Å². The van der Waals surface area contributed by atoms with Crippen LogP contribution >= 0.6 is 11.3 Å². The third-order valence-corrected chi connectivity index (χ3v) is 6.71. The van der Waals surface area contributed by atoms with Gasteiger partial charge in [0.25, 0.3) is 0 Å². The number of hydrogen-bond acceptors (Lipinski definition) is 5. The number of methoxy groups -OCH3 is 2. The third kappa shape index (κ3) is 4.51. The van der Waals surface area contributed by atoms with E-state index in [-0.39, 0.29) is 6.03 Å². The zero-order chi connectivity index (χ0) is 20.9. The topological polar surface area (TPSA) is 63.7 Å². The van der Waals surface area contributed by atoms with E-state index in [0.717, 1.165) is 48.4 Å². The van der Waals surface area contributed by atoms with Gasteiger partial charge in [0, 0.05) is 25.6 Å². The molecule has 30 heavy (non-hydrogen) atoms. The summed E-state index contributed by atoms with van der Waals surface area (Å²) in [6.45, 7) is 2.10. The number of likely N-dealkylation sites (tertiary alicyclic amines) is 1. The third-order valence-electron chi connectivity index (χ3n) is 5.51. The molecule has 1 atom stereocenters. The SMILES string of the molecule is COc1ccc(CCNC(=O)N2CCC[C@H](c3nc4ccccc4s3)C2)cc1OC. The molecule has 158 valence electrons. The highest BCUT2D eigenvalue weighted by Gasteiger charge is 2.26.